The summed E-state index contributed by atoms with van der Waals surface area (Å²) in [5, 5.41) is 0. The molecule has 1 heteroatoms. The smallest absolute Gasteiger partial charge is 0.118 e. The van der Waals surface area contributed by atoms with Crippen LogP contribution in [0.2, 0.25) is 0 Å². The zero-order valence-corrected chi connectivity index (χ0v) is 16.8. The van der Waals surface area contributed by atoms with Crippen molar-refractivity contribution in [1.82, 2.24) is 0 Å². The van der Waals surface area contributed by atoms with Crippen molar-refractivity contribution in [2.75, 3.05) is 7.11 Å². The molecule has 3 aromatic rings. The highest BCUT2D eigenvalue weighted by Crippen LogP contribution is 2.33. The Morgan fingerprint density at radius 2 is 1.26 bits per heavy atom. The van der Waals surface area contributed by atoms with Gasteiger partial charge in [-0.05, 0) is 84.7 Å². The van der Waals surface area contributed by atoms with Crippen LogP contribution in [0.15, 0.2) is 72.8 Å². The van der Waals surface area contributed by atoms with E-state index in [-0.39, 0.29) is 0 Å². The Kier molecular flexibility index (Phi) is 6.13. The van der Waals surface area contributed by atoms with E-state index in [1.807, 2.05) is 12.1 Å². The molecule has 0 radical (unpaired) electrons. The molecule has 3 rings (SSSR count). The fraction of sp³-hybridized carbons (Fsp3) is 0.231. The summed E-state index contributed by atoms with van der Waals surface area (Å²) in [4.78, 5) is 0. The van der Waals surface area contributed by atoms with Crippen molar-refractivity contribution in [3.8, 4) is 28.0 Å². The molecule has 0 aliphatic carbocycles. The van der Waals surface area contributed by atoms with Gasteiger partial charge in [-0.2, -0.15) is 0 Å². The van der Waals surface area contributed by atoms with E-state index < -0.39 is 0 Å². The second-order valence-electron chi connectivity index (χ2n) is 6.94. The Balaban J connectivity index is 1.88. The van der Waals surface area contributed by atoms with E-state index in [4.69, 9.17) is 4.74 Å². The first-order valence-electron chi connectivity index (χ1n) is 9.59. The standard InChI is InChI=1S/C26H28O/c1-5-6-7-8-21-9-11-22(12-10-21)25-17-18-26(20(3)19(25)2)23-13-15-24(27-4)16-14-23/h5-6,9-18H,7-8H2,1-4H3/b6-5+. The predicted molar refractivity (Wildman–Crippen MR) is 116 cm³/mol. The van der Waals surface area contributed by atoms with Crippen LogP contribution < -0.4 is 4.74 Å². The van der Waals surface area contributed by atoms with Crippen molar-refractivity contribution in [3.05, 3.63) is 89.5 Å². The lowest BCUT2D eigenvalue weighted by Crippen LogP contribution is -1.92. The molecule has 0 N–H and O–H groups in total. The van der Waals surface area contributed by atoms with Crippen molar-refractivity contribution < 1.29 is 4.74 Å². The maximum Gasteiger partial charge on any atom is 0.118 e. The summed E-state index contributed by atoms with van der Waals surface area (Å²) < 4.78 is 5.27. The Labute approximate surface area is 163 Å². The van der Waals surface area contributed by atoms with Gasteiger partial charge in [0.25, 0.3) is 0 Å². The van der Waals surface area contributed by atoms with Gasteiger partial charge in [0.05, 0.1) is 7.11 Å². The minimum Gasteiger partial charge on any atom is -0.497 e. The fourth-order valence-electron chi connectivity index (χ4n) is 3.48. The van der Waals surface area contributed by atoms with Gasteiger partial charge in [-0.25, -0.2) is 0 Å². The van der Waals surface area contributed by atoms with Gasteiger partial charge in [-0.15, -0.1) is 0 Å². The van der Waals surface area contributed by atoms with E-state index in [2.05, 4.69) is 81.5 Å². The summed E-state index contributed by atoms with van der Waals surface area (Å²) in [6.07, 6.45) is 6.54. The number of aryl methyl sites for hydroxylation is 1. The SMILES string of the molecule is C/C=C/CCc1ccc(-c2ccc(-c3ccc(OC)cc3)c(C)c2C)cc1. The Morgan fingerprint density at radius 3 is 1.74 bits per heavy atom. The van der Waals surface area contributed by atoms with Crippen molar-refractivity contribution in [2.24, 2.45) is 0 Å². The van der Waals surface area contributed by atoms with Crippen LogP contribution in [0.4, 0.5) is 0 Å². The summed E-state index contributed by atoms with van der Waals surface area (Å²) in [7, 11) is 1.70. The minimum absolute atomic E-state index is 0.888. The Bertz CT molecular complexity index is 916. The Morgan fingerprint density at radius 1 is 0.741 bits per heavy atom. The molecule has 0 saturated carbocycles. The van der Waals surface area contributed by atoms with Gasteiger partial charge < -0.3 is 4.74 Å². The van der Waals surface area contributed by atoms with E-state index in [1.54, 1.807) is 7.11 Å². The third-order valence-electron chi connectivity index (χ3n) is 5.29. The lowest BCUT2D eigenvalue weighted by Gasteiger charge is -2.15. The van der Waals surface area contributed by atoms with Gasteiger partial charge in [-0.1, -0.05) is 60.7 Å². The van der Waals surface area contributed by atoms with Crippen LogP contribution in [0.5, 0.6) is 5.75 Å². The molecule has 0 saturated heterocycles. The molecule has 0 unspecified atom stereocenters. The monoisotopic (exact) mass is 356 g/mol. The number of hydrogen-bond donors (Lipinski definition) is 0. The number of ether oxygens (including phenoxy) is 1. The van der Waals surface area contributed by atoms with E-state index >= 15 is 0 Å². The van der Waals surface area contributed by atoms with Gasteiger partial charge in [0.2, 0.25) is 0 Å². The van der Waals surface area contributed by atoms with E-state index in [0.29, 0.717) is 0 Å². The fourth-order valence-corrected chi connectivity index (χ4v) is 3.48. The first-order chi connectivity index (χ1) is 13.1. The Hall–Kier alpha value is -2.80. The number of allylic oxidation sites excluding steroid dienone is 2. The summed E-state index contributed by atoms with van der Waals surface area (Å²) >= 11 is 0. The van der Waals surface area contributed by atoms with Crippen LogP contribution >= 0.6 is 0 Å². The number of rotatable bonds is 6. The molecule has 0 aliphatic heterocycles. The average molecular weight is 357 g/mol. The summed E-state index contributed by atoms with van der Waals surface area (Å²) in [6, 6.07) is 21.8. The molecule has 1 nitrogen and oxygen atoms in total. The highest BCUT2D eigenvalue weighted by atomic mass is 16.5. The van der Waals surface area contributed by atoms with E-state index in [1.165, 1.54) is 38.9 Å². The topological polar surface area (TPSA) is 9.23 Å². The highest BCUT2D eigenvalue weighted by molar-refractivity contribution is 5.77. The van der Waals surface area contributed by atoms with Crippen LogP contribution in [0.1, 0.15) is 30.0 Å². The van der Waals surface area contributed by atoms with E-state index in [9.17, 15) is 0 Å². The second-order valence-corrected chi connectivity index (χ2v) is 6.94. The van der Waals surface area contributed by atoms with Crippen LogP contribution in [-0.4, -0.2) is 7.11 Å². The average Bonchev–Trinajstić information content (AvgIpc) is 2.71. The van der Waals surface area contributed by atoms with Crippen molar-refractivity contribution >= 4 is 0 Å². The van der Waals surface area contributed by atoms with Crippen molar-refractivity contribution in [1.29, 1.82) is 0 Å². The largest absolute Gasteiger partial charge is 0.497 e. The van der Waals surface area contributed by atoms with Crippen LogP contribution in [0, 0.1) is 13.8 Å². The third-order valence-corrected chi connectivity index (χ3v) is 5.29. The lowest BCUT2D eigenvalue weighted by molar-refractivity contribution is 0.415. The predicted octanol–water partition coefficient (Wildman–Crippen LogP) is 7.15. The molecule has 0 amide bonds. The normalized spacial score (nSPS) is 11.1. The van der Waals surface area contributed by atoms with Crippen molar-refractivity contribution in [2.45, 2.75) is 33.6 Å². The van der Waals surface area contributed by atoms with Gasteiger partial charge >= 0.3 is 0 Å². The van der Waals surface area contributed by atoms with Gasteiger partial charge in [0.1, 0.15) is 5.75 Å². The lowest BCUT2D eigenvalue weighted by atomic mass is 9.90. The minimum atomic E-state index is 0.888. The molecule has 27 heavy (non-hydrogen) atoms. The molecule has 0 spiro atoms. The number of hydrogen-bond acceptors (Lipinski definition) is 1. The van der Waals surface area contributed by atoms with Crippen LogP contribution in [0.25, 0.3) is 22.3 Å². The third kappa shape index (κ3) is 4.31. The maximum atomic E-state index is 5.27. The molecular weight excluding hydrogens is 328 g/mol. The quantitative estimate of drug-likeness (QED) is 0.426. The molecule has 138 valence electrons. The van der Waals surface area contributed by atoms with Gasteiger partial charge in [0.15, 0.2) is 0 Å². The van der Waals surface area contributed by atoms with Crippen LogP contribution in [0.3, 0.4) is 0 Å². The molecule has 0 heterocycles. The maximum absolute atomic E-state index is 5.27. The first-order valence-corrected chi connectivity index (χ1v) is 9.59. The summed E-state index contributed by atoms with van der Waals surface area (Å²) in [5.74, 6) is 0.888. The van der Waals surface area contributed by atoms with Gasteiger partial charge in [-0.3, -0.25) is 0 Å². The zero-order chi connectivity index (χ0) is 19.2. The summed E-state index contributed by atoms with van der Waals surface area (Å²) in [6.45, 7) is 6.51. The molecule has 0 aromatic heterocycles. The zero-order valence-electron chi connectivity index (χ0n) is 16.8. The van der Waals surface area contributed by atoms with E-state index in [0.717, 1.165) is 18.6 Å². The highest BCUT2D eigenvalue weighted by Gasteiger charge is 2.10. The summed E-state index contributed by atoms with van der Waals surface area (Å²) in [5.41, 5.74) is 9.15. The molecule has 0 atom stereocenters. The van der Waals surface area contributed by atoms with Gasteiger partial charge in [0, 0.05) is 0 Å². The second kappa shape index (κ2) is 8.73. The molecule has 0 bridgehead atoms. The molecular formula is C26H28O. The molecule has 0 fully saturated rings. The molecule has 3 aromatic carbocycles. The molecule has 0 aliphatic rings. The van der Waals surface area contributed by atoms with Crippen molar-refractivity contribution in [3.63, 3.8) is 0 Å². The first kappa shape index (κ1) is 19.0. The van der Waals surface area contributed by atoms with Crippen LogP contribution in [-0.2, 0) is 6.42 Å². The number of benzene rings is 3. The number of methoxy groups -OCH3 is 1.